The van der Waals surface area contributed by atoms with E-state index in [4.69, 9.17) is 16.6 Å². The number of carbonyl (C=O) groups excluding carboxylic acids is 1. The van der Waals surface area contributed by atoms with Crippen LogP contribution in [0.1, 0.15) is 64.7 Å². The summed E-state index contributed by atoms with van der Waals surface area (Å²) >= 11 is 0. The summed E-state index contributed by atoms with van der Waals surface area (Å²) in [5.74, 6) is -0.920. The summed E-state index contributed by atoms with van der Waals surface area (Å²) in [6.45, 7) is 2.16. The van der Waals surface area contributed by atoms with Crippen molar-refractivity contribution in [3.63, 3.8) is 0 Å². The van der Waals surface area contributed by atoms with Crippen molar-refractivity contribution in [1.82, 2.24) is 0 Å². The Labute approximate surface area is 115 Å². The summed E-state index contributed by atoms with van der Waals surface area (Å²) in [6, 6.07) is -1.32. The van der Waals surface area contributed by atoms with Crippen molar-refractivity contribution < 1.29 is 14.7 Å². The molecule has 1 unspecified atom stereocenters. The van der Waals surface area contributed by atoms with Gasteiger partial charge in [0.25, 0.3) is 0 Å². The van der Waals surface area contributed by atoms with Gasteiger partial charge in [-0.25, -0.2) is 0 Å². The second-order valence-corrected chi connectivity index (χ2v) is 5.11. The minimum Gasteiger partial charge on any atom is -0.480 e. The maximum atomic E-state index is 11.7. The van der Waals surface area contributed by atoms with E-state index in [1.54, 1.807) is 0 Å². The molecular formula is C14H28N2O3. The molecule has 0 aromatic heterocycles. The van der Waals surface area contributed by atoms with Crippen LogP contribution in [0.25, 0.3) is 0 Å². The molecule has 0 spiro atoms. The zero-order valence-corrected chi connectivity index (χ0v) is 11.9. The van der Waals surface area contributed by atoms with Crippen LogP contribution >= 0.6 is 0 Å². The number of ketones is 1. The highest BCUT2D eigenvalue weighted by Gasteiger charge is 2.15. The molecule has 0 aliphatic rings. The number of carboxylic acid groups (broad SMARTS) is 1. The molecule has 19 heavy (non-hydrogen) atoms. The lowest BCUT2D eigenvalue weighted by molar-refractivity contribution is -0.138. The van der Waals surface area contributed by atoms with E-state index in [-0.39, 0.29) is 5.78 Å². The lowest BCUT2D eigenvalue weighted by Crippen LogP contribution is -2.33. The van der Waals surface area contributed by atoms with Gasteiger partial charge in [-0.3, -0.25) is 9.59 Å². The highest BCUT2D eigenvalue weighted by Crippen LogP contribution is 2.09. The van der Waals surface area contributed by atoms with Gasteiger partial charge in [0.15, 0.2) is 0 Å². The third-order valence-corrected chi connectivity index (χ3v) is 3.29. The van der Waals surface area contributed by atoms with E-state index in [0.29, 0.717) is 25.7 Å². The number of unbranched alkanes of at least 4 members (excludes halogenated alkanes) is 4. The Bertz CT molecular complexity index is 269. The van der Waals surface area contributed by atoms with Crippen molar-refractivity contribution in [3.8, 4) is 0 Å². The molecular weight excluding hydrogens is 244 g/mol. The summed E-state index contributed by atoms with van der Waals surface area (Å²) in [6.07, 6.45) is 7.57. The first-order valence-corrected chi connectivity index (χ1v) is 7.25. The molecule has 5 N–H and O–H groups in total. The van der Waals surface area contributed by atoms with E-state index >= 15 is 0 Å². The minimum atomic E-state index is -1.00. The predicted octanol–water partition coefficient (Wildman–Crippen LogP) is 1.83. The van der Waals surface area contributed by atoms with E-state index in [1.165, 1.54) is 19.3 Å². The van der Waals surface area contributed by atoms with Gasteiger partial charge in [-0.05, 0) is 25.7 Å². The van der Waals surface area contributed by atoms with Crippen LogP contribution in [0.2, 0.25) is 0 Å². The molecule has 0 amide bonds. The van der Waals surface area contributed by atoms with Crippen LogP contribution < -0.4 is 11.5 Å². The highest BCUT2D eigenvalue weighted by atomic mass is 16.4. The third kappa shape index (κ3) is 9.62. The minimum absolute atomic E-state index is 0.0837. The molecule has 0 bridgehead atoms. The number of carbonyl (C=O) groups is 2. The fraction of sp³-hybridized carbons (Fsp3) is 0.857. The van der Waals surface area contributed by atoms with Crippen LogP contribution in [0.5, 0.6) is 0 Å². The lowest BCUT2D eigenvalue weighted by Gasteiger charge is -2.11. The van der Waals surface area contributed by atoms with E-state index in [2.05, 4.69) is 6.92 Å². The number of carboxylic acids is 1. The Hall–Kier alpha value is -0.940. The first kappa shape index (κ1) is 18.1. The SMILES string of the molecule is CCCCCCCC(=O)C(N)CCC[C@H](N)C(=O)O. The summed E-state index contributed by atoms with van der Waals surface area (Å²) in [4.78, 5) is 22.2. The molecule has 0 fully saturated rings. The van der Waals surface area contributed by atoms with Crippen LogP contribution in [-0.4, -0.2) is 28.9 Å². The van der Waals surface area contributed by atoms with Crippen LogP contribution in [0.3, 0.4) is 0 Å². The maximum absolute atomic E-state index is 11.7. The Kier molecular flexibility index (Phi) is 10.4. The van der Waals surface area contributed by atoms with Gasteiger partial charge in [-0.15, -0.1) is 0 Å². The molecule has 0 aromatic rings. The van der Waals surface area contributed by atoms with Crippen LogP contribution in [0, 0.1) is 0 Å². The third-order valence-electron chi connectivity index (χ3n) is 3.29. The Morgan fingerprint density at radius 2 is 1.53 bits per heavy atom. The smallest absolute Gasteiger partial charge is 0.320 e. The van der Waals surface area contributed by atoms with Gasteiger partial charge in [-0.2, -0.15) is 0 Å². The molecule has 112 valence electrons. The molecule has 0 saturated heterocycles. The summed E-state index contributed by atoms with van der Waals surface area (Å²) < 4.78 is 0. The van der Waals surface area contributed by atoms with Crippen molar-refractivity contribution >= 4 is 11.8 Å². The van der Waals surface area contributed by atoms with Crippen molar-refractivity contribution in [2.24, 2.45) is 11.5 Å². The molecule has 0 aliphatic heterocycles. The van der Waals surface area contributed by atoms with Crippen LogP contribution in [-0.2, 0) is 9.59 Å². The van der Waals surface area contributed by atoms with Crippen molar-refractivity contribution in [2.45, 2.75) is 76.8 Å². The Balaban J connectivity index is 3.61. The average Bonchev–Trinajstić information content (AvgIpc) is 2.37. The standard InChI is InChI=1S/C14H28N2O3/c1-2-3-4-5-6-10-13(17)11(15)8-7-9-12(16)14(18)19/h11-12H,2-10,15-16H2,1H3,(H,18,19)/t11?,12-/m0/s1. The van der Waals surface area contributed by atoms with E-state index in [9.17, 15) is 9.59 Å². The predicted molar refractivity (Wildman–Crippen MR) is 75.8 cm³/mol. The molecule has 0 radical (unpaired) electrons. The number of rotatable bonds is 12. The molecule has 0 aliphatic carbocycles. The van der Waals surface area contributed by atoms with Gasteiger partial charge in [0.2, 0.25) is 0 Å². The fourth-order valence-electron chi connectivity index (χ4n) is 1.93. The molecule has 2 atom stereocenters. The van der Waals surface area contributed by atoms with Gasteiger partial charge >= 0.3 is 5.97 Å². The van der Waals surface area contributed by atoms with Gasteiger partial charge in [0.05, 0.1) is 6.04 Å². The van der Waals surface area contributed by atoms with Crippen LogP contribution in [0.15, 0.2) is 0 Å². The summed E-state index contributed by atoms with van der Waals surface area (Å²) in [7, 11) is 0. The lowest BCUT2D eigenvalue weighted by atomic mass is 9.99. The molecule has 0 saturated carbocycles. The zero-order valence-electron chi connectivity index (χ0n) is 11.9. The summed E-state index contributed by atoms with van der Waals surface area (Å²) in [5, 5.41) is 8.62. The monoisotopic (exact) mass is 272 g/mol. The first-order valence-electron chi connectivity index (χ1n) is 7.25. The van der Waals surface area contributed by atoms with Gasteiger partial charge in [0, 0.05) is 6.42 Å². The normalized spacial score (nSPS) is 14.1. The number of hydrogen-bond acceptors (Lipinski definition) is 4. The molecule has 0 aromatic carbocycles. The van der Waals surface area contributed by atoms with Crippen molar-refractivity contribution in [2.75, 3.05) is 0 Å². The maximum Gasteiger partial charge on any atom is 0.320 e. The number of hydrogen-bond donors (Lipinski definition) is 3. The average molecular weight is 272 g/mol. The second-order valence-electron chi connectivity index (χ2n) is 5.11. The molecule has 0 rings (SSSR count). The van der Waals surface area contributed by atoms with Crippen molar-refractivity contribution in [3.05, 3.63) is 0 Å². The Morgan fingerprint density at radius 1 is 0.947 bits per heavy atom. The number of aliphatic carboxylic acids is 1. The quantitative estimate of drug-likeness (QED) is 0.470. The zero-order chi connectivity index (χ0) is 14.7. The van der Waals surface area contributed by atoms with Crippen molar-refractivity contribution in [1.29, 1.82) is 0 Å². The van der Waals surface area contributed by atoms with Crippen LogP contribution in [0.4, 0.5) is 0 Å². The van der Waals surface area contributed by atoms with E-state index in [1.807, 2.05) is 0 Å². The largest absolute Gasteiger partial charge is 0.480 e. The topological polar surface area (TPSA) is 106 Å². The van der Waals surface area contributed by atoms with Gasteiger partial charge in [-0.1, -0.05) is 32.6 Å². The second kappa shape index (κ2) is 10.9. The fourth-order valence-corrected chi connectivity index (χ4v) is 1.93. The Morgan fingerprint density at radius 3 is 2.11 bits per heavy atom. The number of nitrogens with two attached hydrogens (primary N) is 2. The van der Waals surface area contributed by atoms with Gasteiger partial charge in [0.1, 0.15) is 11.8 Å². The number of Topliss-reactive ketones (excluding diaryl/α,β-unsaturated/α-hetero) is 1. The molecule has 0 heterocycles. The molecule has 5 heteroatoms. The van der Waals surface area contributed by atoms with E-state index < -0.39 is 18.1 Å². The van der Waals surface area contributed by atoms with E-state index in [0.717, 1.165) is 12.8 Å². The molecule has 5 nitrogen and oxygen atoms in total. The summed E-state index contributed by atoms with van der Waals surface area (Å²) in [5.41, 5.74) is 11.2. The highest BCUT2D eigenvalue weighted by molar-refractivity contribution is 5.83. The first-order chi connectivity index (χ1) is 8.99. The van der Waals surface area contributed by atoms with Gasteiger partial charge < -0.3 is 16.6 Å².